The molecular weight excluding hydrogens is 521 g/mol. The molecule has 1 aliphatic heterocycles. The van der Waals surface area contributed by atoms with Gasteiger partial charge in [0.1, 0.15) is 0 Å². The maximum atomic E-state index is 13.1. The van der Waals surface area contributed by atoms with Crippen LogP contribution in [-0.4, -0.2) is 16.1 Å². The van der Waals surface area contributed by atoms with Crippen molar-refractivity contribution in [2.24, 2.45) is 0 Å². The number of amides is 1. The van der Waals surface area contributed by atoms with Gasteiger partial charge in [-0.05, 0) is 0 Å². The summed E-state index contributed by atoms with van der Waals surface area (Å²) < 4.78 is 4.13. The average Bonchev–Trinajstić information content (AvgIpc) is 3.18. The van der Waals surface area contributed by atoms with Gasteiger partial charge in [-0.25, -0.2) is 0 Å². The van der Waals surface area contributed by atoms with Crippen LogP contribution >= 0.6 is 8.93 Å². The topological polar surface area (TPSA) is 74.4 Å². The predicted molar refractivity (Wildman–Crippen MR) is 118 cm³/mol. The first-order valence-corrected chi connectivity index (χ1v) is 14.2. The molecule has 0 radical (unpaired) electrons. The Bertz CT molecular complexity index is 1280. The number of Topliss-reactive ketones (excluding diaryl/α,β-unsaturated/α-hetero) is 1. The van der Waals surface area contributed by atoms with Gasteiger partial charge in [0.05, 0.1) is 11.6 Å². The molecule has 0 fully saturated rings. The van der Waals surface area contributed by atoms with Crippen LogP contribution in [0, 0.1) is 11.3 Å². The van der Waals surface area contributed by atoms with Crippen molar-refractivity contribution in [3.63, 3.8) is 0 Å². The second kappa shape index (κ2) is 9.12. The molecule has 3 heterocycles. The van der Waals surface area contributed by atoms with Gasteiger partial charge in [-0.1, -0.05) is 0 Å². The molecular formula is C24H19IN3O2S-. The molecule has 1 atom stereocenters. The van der Waals surface area contributed by atoms with E-state index in [0.717, 1.165) is 21.9 Å². The standard InChI is InChI=1S/C24H19IN3O2S/c1-15-11-22(31-25-13-15)27-24(30)23(29)19-12-21(28-10-4-3-5-20(19)28)16(2)18-8-6-17(14-26)7-9-18/h3-13,16H,1-2H3,(H,27,30)/q-1. The van der Waals surface area contributed by atoms with Crippen LogP contribution in [0.25, 0.3) is 5.52 Å². The number of rotatable bonds is 5. The van der Waals surface area contributed by atoms with Crippen molar-refractivity contribution in [3.05, 3.63) is 97.9 Å². The molecule has 3 aromatic rings. The zero-order chi connectivity index (χ0) is 22.0. The third-order valence-electron chi connectivity index (χ3n) is 5.08. The molecule has 1 amide bonds. The summed E-state index contributed by atoms with van der Waals surface area (Å²) in [6.07, 6.45) is 3.80. The molecule has 0 saturated carbocycles. The summed E-state index contributed by atoms with van der Waals surface area (Å²) in [5, 5.41) is 12.6. The molecule has 5 nitrogen and oxygen atoms in total. The molecule has 1 N–H and O–H groups in total. The molecule has 1 aliphatic rings. The number of nitriles is 1. The SMILES string of the molecule is CC1=C[I-]SC(NC(=O)C(=O)c2cc(C(C)c3ccc(C#N)cc3)n3ccccc23)=C1. The van der Waals surface area contributed by atoms with E-state index in [1.807, 2.05) is 60.9 Å². The summed E-state index contributed by atoms with van der Waals surface area (Å²) >= 11 is -0.200. The van der Waals surface area contributed by atoms with Crippen LogP contribution in [0.1, 0.15) is 46.9 Å². The Labute approximate surface area is 193 Å². The van der Waals surface area contributed by atoms with Gasteiger partial charge in [0.2, 0.25) is 0 Å². The number of halogens is 1. The summed E-state index contributed by atoms with van der Waals surface area (Å²) in [5.41, 5.74) is 4.74. The molecule has 7 heteroatoms. The first-order valence-electron chi connectivity index (χ1n) is 9.62. The maximum absolute atomic E-state index is 13.1. The van der Waals surface area contributed by atoms with Gasteiger partial charge in [-0.2, -0.15) is 5.26 Å². The van der Waals surface area contributed by atoms with E-state index in [-0.39, 0.29) is 25.7 Å². The van der Waals surface area contributed by atoms with Crippen molar-refractivity contribution in [1.82, 2.24) is 9.72 Å². The molecule has 1 aromatic carbocycles. The Morgan fingerprint density at radius 3 is 2.68 bits per heavy atom. The number of nitrogens with one attached hydrogen (secondary N) is 1. The minimum atomic E-state index is -0.619. The monoisotopic (exact) mass is 540 g/mol. The van der Waals surface area contributed by atoms with E-state index < -0.39 is 11.7 Å². The third kappa shape index (κ3) is 4.45. The first kappa shape index (κ1) is 21.4. The number of benzene rings is 1. The Morgan fingerprint density at radius 2 is 1.97 bits per heavy atom. The van der Waals surface area contributed by atoms with Crippen LogP contribution < -0.4 is 25.1 Å². The van der Waals surface area contributed by atoms with Crippen LogP contribution in [0.2, 0.25) is 0 Å². The summed E-state index contributed by atoms with van der Waals surface area (Å²) in [6, 6.07) is 17.0. The molecule has 0 aliphatic carbocycles. The van der Waals surface area contributed by atoms with E-state index in [4.69, 9.17) is 5.26 Å². The van der Waals surface area contributed by atoms with Gasteiger partial charge < -0.3 is 0 Å². The van der Waals surface area contributed by atoms with Crippen molar-refractivity contribution in [1.29, 1.82) is 5.26 Å². The number of hydrogen-bond donors (Lipinski definition) is 1. The molecule has 0 spiro atoms. The molecule has 4 rings (SSSR count). The van der Waals surface area contributed by atoms with Gasteiger partial charge in [0.15, 0.2) is 0 Å². The van der Waals surface area contributed by atoms with E-state index in [1.54, 1.807) is 27.1 Å². The Kier molecular flexibility index (Phi) is 6.30. The summed E-state index contributed by atoms with van der Waals surface area (Å²) in [6.45, 7) is 4.04. The van der Waals surface area contributed by atoms with Crippen LogP contribution in [0.3, 0.4) is 0 Å². The van der Waals surface area contributed by atoms with E-state index >= 15 is 0 Å². The Balaban J connectivity index is 1.67. The number of fused-ring (bicyclic) bond motifs is 1. The second-order valence-electron chi connectivity index (χ2n) is 7.21. The van der Waals surface area contributed by atoms with Gasteiger partial charge in [-0.3, -0.25) is 0 Å². The van der Waals surface area contributed by atoms with Crippen LogP contribution in [0.4, 0.5) is 0 Å². The molecule has 31 heavy (non-hydrogen) atoms. The summed E-state index contributed by atoms with van der Waals surface area (Å²) in [7, 11) is 1.60. The van der Waals surface area contributed by atoms with E-state index in [9.17, 15) is 9.59 Å². The molecule has 1 unspecified atom stereocenters. The van der Waals surface area contributed by atoms with Gasteiger partial charge in [0.25, 0.3) is 0 Å². The van der Waals surface area contributed by atoms with Gasteiger partial charge >= 0.3 is 177 Å². The molecule has 156 valence electrons. The van der Waals surface area contributed by atoms with Crippen molar-refractivity contribution >= 4 is 26.1 Å². The second-order valence-corrected chi connectivity index (χ2v) is 11.4. The Hall–Kier alpha value is -2.83. The molecule has 0 bridgehead atoms. The number of pyridine rings is 1. The number of allylic oxidation sites excluding steroid dienone is 2. The first-order chi connectivity index (χ1) is 15.0. The Morgan fingerprint density at radius 1 is 1.19 bits per heavy atom. The van der Waals surface area contributed by atoms with Crippen LogP contribution in [-0.2, 0) is 4.79 Å². The quantitative estimate of drug-likeness (QED) is 0.304. The van der Waals surface area contributed by atoms with Crippen molar-refractivity contribution in [2.75, 3.05) is 0 Å². The van der Waals surface area contributed by atoms with Gasteiger partial charge in [0, 0.05) is 0 Å². The number of nitrogens with zero attached hydrogens (tertiary/aromatic N) is 2. The fraction of sp³-hybridized carbons (Fsp3) is 0.125. The number of ketones is 1. The average molecular weight is 540 g/mol. The van der Waals surface area contributed by atoms with E-state index in [0.29, 0.717) is 16.6 Å². The minimum absolute atomic E-state index is 0.0265. The third-order valence-corrected chi connectivity index (χ3v) is 9.58. The van der Waals surface area contributed by atoms with Crippen LogP contribution in [0.15, 0.2) is 75.5 Å². The van der Waals surface area contributed by atoms with Crippen molar-refractivity contribution < 1.29 is 29.4 Å². The summed E-state index contributed by atoms with van der Waals surface area (Å²) in [5.74, 6) is -1.19. The number of aromatic nitrogens is 1. The fourth-order valence-electron chi connectivity index (χ4n) is 3.46. The van der Waals surface area contributed by atoms with Crippen molar-refractivity contribution in [2.45, 2.75) is 19.8 Å². The number of carbonyl (C=O) groups excluding carboxylic acids is 2. The number of carbonyl (C=O) groups is 2. The molecule has 0 saturated heterocycles. The van der Waals surface area contributed by atoms with Crippen LogP contribution in [0.5, 0.6) is 0 Å². The fourth-order valence-corrected chi connectivity index (χ4v) is 7.40. The van der Waals surface area contributed by atoms with Gasteiger partial charge in [-0.15, -0.1) is 0 Å². The molecule has 2 aromatic heterocycles. The van der Waals surface area contributed by atoms with E-state index in [1.165, 1.54) is 0 Å². The predicted octanol–water partition coefficient (Wildman–Crippen LogP) is 1.76. The zero-order valence-corrected chi connectivity index (χ0v) is 19.9. The van der Waals surface area contributed by atoms with E-state index in [2.05, 4.69) is 15.5 Å². The normalized spacial score (nSPS) is 14.6. The summed E-state index contributed by atoms with van der Waals surface area (Å²) in [4.78, 5) is 25.8. The zero-order valence-electron chi connectivity index (χ0n) is 16.9. The number of hydrogen-bond acceptors (Lipinski definition) is 4. The van der Waals surface area contributed by atoms with Crippen molar-refractivity contribution in [3.8, 4) is 6.07 Å².